The van der Waals surface area contributed by atoms with Gasteiger partial charge in [0.2, 0.25) is 0 Å². The topological polar surface area (TPSA) is 26.3 Å². The number of ether oxygens (including phenoxy) is 1. The van der Waals surface area contributed by atoms with Crippen LogP contribution < -0.4 is 0 Å². The molecule has 0 amide bonds. The van der Waals surface area contributed by atoms with Crippen LogP contribution in [0.2, 0.25) is 0 Å². The number of hydrogen-bond acceptors (Lipinski definition) is 3. The minimum absolute atomic E-state index is 0.247. The summed E-state index contributed by atoms with van der Waals surface area (Å²) in [4.78, 5) is 12.6. The Labute approximate surface area is 120 Å². The van der Waals surface area contributed by atoms with E-state index in [0.717, 1.165) is 14.9 Å². The normalized spacial score (nSPS) is 10.1. The standard InChI is InChI=1S/C14H11BrO2S/c15-13-7-2-1-4-11(13)9-17-14(16)10-5-3-6-12(18)8-10/h1-8,18H,9H2. The molecule has 0 aliphatic rings. The van der Waals surface area contributed by atoms with Crippen LogP contribution in [0.15, 0.2) is 57.9 Å². The van der Waals surface area contributed by atoms with Gasteiger partial charge in [-0.25, -0.2) is 4.79 Å². The smallest absolute Gasteiger partial charge is 0.338 e. The maximum atomic E-state index is 11.8. The average molecular weight is 323 g/mol. The number of hydrogen-bond donors (Lipinski definition) is 1. The Bertz CT molecular complexity index is 569. The third-order valence-corrected chi connectivity index (χ3v) is 3.45. The number of halogens is 1. The van der Waals surface area contributed by atoms with Crippen molar-refractivity contribution in [2.24, 2.45) is 0 Å². The summed E-state index contributed by atoms with van der Waals surface area (Å²) in [6.45, 7) is 0.247. The fourth-order valence-corrected chi connectivity index (χ4v) is 2.10. The molecule has 92 valence electrons. The Kier molecular flexibility index (Phi) is 4.44. The zero-order valence-electron chi connectivity index (χ0n) is 9.47. The maximum Gasteiger partial charge on any atom is 0.338 e. The number of esters is 1. The Morgan fingerprint density at radius 3 is 2.67 bits per heavy atom. The van der Waals surface area contributed by atoms with Crippen LogP contribution in [0.1, 0.15) is 15.9 Å². The first-order valence-electron chi connectivity index (χ1n) is 5.36. The van der Waals surface area contributed by atoms with Gasteiger partial charge < -0.3 is 4.74 Å². The van der Waals surface area contributed by atoms with E-state index >= 15 is 0 Å². The molecule has 0 radical (unpaired) electrons. The van der Waals surface area contributed by atoms with Gasteiger partial charge in [-0.05, 0) is 24.3 Å². The molecule has 0 spiro atoms. The Balaban J connectivity index is 2.03. The summed E-state index contributed by atoms with van der Waals surface area (Å²) >= 11 is 7.60. The van der Waals surface area contributed by atoms with Gasteiger partial charge in [0.05, 0.1) is 5.56 Å². The van der Waals surface area contributed by atoms with Crippen molar-refractivity contribution in [3.63, 3.8) is 0 Å². The molecule has 0 fully saturated rings. The minimum Gasteiger partial charge on any atom is -0.457 e. The van der Waals surface area contributed by atoms with E-state index in [4.69, 9.17) is 4.74 Å². The molecule has 0 heterocycles. The predicted octanol–water partition coefficient (Wildman–Crippen LogP) is 4.09. The molecular weight excluding hydrogens is 312 g/mol. The summed E-state index contributed by atoms with van der Waals surface area (Å²) < 4.78 is 6.18. The van der Waals surface area contributed by atoms with Gasteiger partial charge in [-0.15, -0.1) is 12.6 Å². The second-order valence-corrected chi connectivity index (χ2v) is 5.09. The van der Waals surface area contributed by atoms with Crippen LogP contribution in [-0.4, -0.2) is 5.97 Å². The highest BCUT2D eigenvalue weighted by Gasteiger charge is 2.08. The lowest BCUT2D eigenvalue weighted by molar-refractivity contribution is 0.0471. The third kappa shape index (κ3) is 3.37. The zero-order valence-corrected chi connectivity index (χ0v) is 11.9. The summed E-state index contributed by atoms with van der Waals surface area (Å²) in [7, 11) is 0. The lowest BCUT2D eigenvalue weighted by Gasteiger charge is -2.06. The molecule has 2 aromatic carbocycles. The molecule has 0 aliphatic carbocycles. The monoisotopic (exact) mass is 322 g/mol. The van der Waals surface area contributed by atoms with E-state index in [0.29, 0.717) is 5.56 Å². The number of thiol groups is 1. The van der Waals surface area contributed by atoms with Gasteiger partial charge >= 0.3 is 5.97 Å². The van der Waals surface area contributed by atoms with E-state index in [9.17, 15) is 4.79 Å². The first-order valence-corrected chi connectivity index (χ1v) is 6.60. The highest BCUT2D eigenvalue weighted by molar-refractivity contribution is 9.10. The fraction of sp³-hybridized carbons (Fsp3) is 0.0714. The average Bonchev–Trinajstić information content (AvgIpc) is 2.37. The van der Waals surface area contributed by atoms with Crippen LogP contribution in [0.3, 0.4) is 0 Å². The van der Waals surface area contributed by atoms with Crippen molar-refractivity contribution in [2.75, 3.05) is 0 Å². The number of rotatable bonds is 3. The molecule has 0 bridgehead atoms. The first kappa shape index (κ1) is 13.2. The summed E-state index contributed by atoms with van der Waals surface area (Å²) in [6.07, 6.45) is 0. The van der Waals surface area contributed by atoms with Crippen LogP contribution in [0.25, 0.3) is 0 Å². The molecule has 0 N–H and O–H groups in total. The van der Waals surface area contributed by atoms with Gasteiger partial charge in [0.25, 0.3) is 0 Å². The van der Waals surface area contributed by atoms with E-state index in [-0.39, 0.29) is 12.6 Å². The molecule has 0 atom stereocenters. The number of benzene rings is 2. The summed E-state index contributed by atoms with van der Waals surface area (Å²) in [5.74, 6) is -0.346. The van der Waals surface area contributed by atoms with Gasteiger partial charge in [-0.3, -0.25) is 0 Å². The molecule has 18 heavy (non-hydrogen) atoms. The van der Waals surface area contributed by atoms with Crippen LogP contribution in [-0.2, 0) is 11.3 Å². The van der Waals surface area contributed by atoms with Gasteiger partial charge in [0.1, 0.15) is 6.61 Å². The fourth-order valence-electron chi connectivity index (χ4n) is 1.47. The number of carbonyl (C=O) groups excluding carboxylic acids is 1. The molecule has 4 heteroatoms. The Morgan fingerprint density at radius 1 is 1.17 bits per heavy atom. The van der Waals surface area contributed by atoms with Crippen molar-refractivity contribution in [3.8, 4) is 0 Å². The number of carbonyl (C=O) groups is 1. The minimum atomic E-state index is -0.346. The third-order valence-electron chi connectivity index (χ3n) is 2.40. The van der Waals surface area contributed by atoms with Crippen LogP contribution in [0.5, 0.6) is 0 Å². The molecule has 2 aromatic rings. The van der Waals surface area contributed by atoms with Gasteiger partial charge in [-0.1, -0.05) is 40.2 Å². The molecule has 2 rings (SSSR count). The molecule has 0 unspecified atom stereocenters. The van der Waals surface area contributed by atoms with E-state index in [1.807, 2.05) is 30.3 Å². The van der Waals surface area contributed by atoms with Gasteiger partial charge in [0, 0.05) is 14.9 Å². The van der Waals surface area contributed by atoms with Gasteiger partial charge in [0.15, 0.2) is 0 Å². The van der Waals surface area contributed by atoms with Crippen LogP contribution in [0.4, 0.5) is 0 Å². The Hall–Kier alpha value is -1.26. The van der Waals surface area contributed by atoms with E-state index in [1.165, 1.54) is 0 Å². The van der Waals surface area contributed by atoms with Crippen molar-refractivity contribution in [1.82, 2.24) is 0 Å². The maximum absolute atomic E-state index is 11.8. The second kappa shape index (κ2) is 6.07. The molecule has 0 aliphatic heterocycles. The zero-order chi connectivity index (χ0) is 13.0. The quantitative estimate of drug-likeness (QED) is 0.680. The SMILES string of the molecule is O=C(OCc1ccccc1Br)c1cccc(S)c1. The summed E-state index contributed by atoms with van der Waals surface area (Å²) in [5, 5.41) is 0. The van der Waals surface area contributed by atoms with E-state index in [1.54, 1.807) is 18.2 Å². The van der Waals surface area contributed by atoms with E-state index in [2.05, 4.69) is 28.6 Å². The lowest BCUT2D eigenvalue weighted by Crippen LogP contribution is -2.05. The van der Waals surface area contributed by atoms with Gasteiger partial charge in [-0.2, -0.15) is 0 Å². The van der Waals surface area contributed by atoms with Crippen LogP contribution in [0, 0.1) is 0 Å². The lowest BCUT2D eigenvalue weighted by atomic mass is 10.2. The molecular formula is C14H11BrO2S. The van der Waals surface area contributed by atoms with Crippen molar-refractivity contribution in [3.05, 3.63) is 64.1 Å². The van der Waals surface area contributed by atoms with Crippen LogP contribution >= 0.6 is 28.6 Å². The largest absolute Gasteiger partial charge is 0.457 e. The molecule has 0 saturated carbocycles. The van der Waals surface area contributed by atoms with Crippen molar-refractivity contribution in [2.45, 2.75) is 11.5 Å². The Morgan fingerprint density at radius 2 is 1.94 bits per heavy atom. The summed E-state index contributed by atoms with van der Waals surface area (Å²) in [5.41, 5.74) is 1.45. The second-order valence-electron chi connectivity index (χ2n) is 3.72. The van der Waals surface area contributed by atoms with E-state index < -0.39 is 0 Å². The molecule has 0 aromatic heterocycles. The predicted molar refractivity (Wildman–Crippen MR) is 77.0 cm³/mol. The van der Waals surface area contributed by atoms with Crippen molar-refractivity contribution < 1.29 is 9.53 Å². The van der Waals surface area contributed by atoms with Crippen molar-refractivity contribution >= 4 is 34.5 Å². The first-order chi connectivity index (χ1) is 8.66. The highest BCUT2D eigenvalue weighted by atomic mass is 79.9. The summed E-state index contributed by atoms with van der Waals surface area (Å²) in [6, 6.07) is 14.6. The molecule has 2 nitrogen and oxygen atoms in total. The molecule has 0 saturated heterocycles. The van der Waals surface area contributed by atoms with Crippen molar-refractivity contribution in [1.29, 1.82) is 0 Å². The highest BCUT2D eigenvalue weighted by Crippen LogP contribution is 2.17.